The van der Waals surface area contributed by atoms with Crippen LogP contribution in [0.1, 0.15) is 18.2 Å². The summed E-state index contributed by atoms with van der Waals surface area (Å²) in [6.07, 6.45) is 1.76. The molecule has 1 aromatic heterocycles. The predicted octanol–water partition coefficient (Wildman–Crippen LogP) is 3.78. The number of aryl methyl sites for hydroxylation is 1. The van der Waals surface area contributed by atoms with Crippen molar-refractivity contribution in [3.05, 3.63) is 72.1 Å². The van der Waals surface area contributed by atoms with Crippen LogP contribution in [0.15, 0.2) is 65.7 Å². The van der Waals surface area contributed by atoms with Crippen molar-refractivity contribution in [2.45, 2.75) is 25.2 Å². The van der Waals surface area contributed by atoms with Gasteiger partial charge in [-0.25, -0.2) is 8.42 Å². The second-order valence-electron chi connectivity index (χ2n) is 6.96. The molecule has 168 valence electrons. The monoisotopic (exact) mass is 455 g/mol. The molecule has 0 unspecified atom stereocenters. The molecule has 0 saturated carbocycles. The molecule has 3 rings (SSSR count). The molecule has 0 saturated heterocycles. The van der Waals surface area contributed by atoms with Crippen molar-refractivity contribution in [2.24, 2.45) is 0 Å². The molecule has 2 aromatic carbocycles. The lowest BCUT2D eigenvalue weighted by molar-refractivity contribution is -0.115. The first-order valence-corrected chi connectivity index (χ1v) is 11.4. The Hall–Kier alpha value is -3.59. The van der Waals surface area contributed by atoms with E-state index in [9.17, 15) is 13.2 Å². The lowest BCUT2D eigenvalue weighted by Crippen LogP contribution is -2.17. The van der Waals surface area contributed by atoms with E-state index in [0.29, 0.717) is 23.7 Å². The minimum atomic E-state index is -3.98. The van der Waals surface area contributed by atoms with Crippen molar-refractivity contribution < 1.29 is 22.7 Å². The van der Waals surface area contributed by atoms with Gasteiger partial charge in [-0.05, 0) is 67.9 Å². The van der Waals surface area contributed by atoms with Gasteiger partial charge in [0.25, 0.3) is 10.0 Å². The summed E-state index contributed by atoms with van der Waals surface area (Å²) in [5.41, 5.74) is 2.32. The number of amides is 1. The Morgan fingerprint density at radius 1 is 1.03 bits per heavy atom. The van der Waals surface area contributed by atoms with Gasteiger partial charge in [0, 0.05) is 23.3 Å². The third-order valence-corrected chi connectivity index (χ3v) is 5.89. The van der Waals surface area contributed by atoms with Gasteiger partial charge in [-0.3, -0.25) is 14.5 Å². The van der Waals surface area contributed by atoms with Crippen LogP contribution >= 0.6 is 0 Å². The molecule has 0 radical (unpaired) electrons. The number of aromatic nitrogens is 1. The molecule has 1 heterocycles. The summed E-state index contributed by atoms with van der Waals surface area (Å²) in [7, 11) is -2.60. The summed E-state index contributed by atoms with van der Waals surface area (Å²) in [6.45, 7) is 4.25. The fraction of sp³-hybridized carbons (Fsp3) is 0.217. The van der Waals surface area contributed by atoms with Crippen LogP contribution in [-0.2, 0) is 21.2 Å². The fourth-order valence-electron chi connectivity index (χ4n) is 2.95. The van der Waals surface area contributed by atoms with Crippen LogP contribution in [0, 0.1) is 6.92 Å². The first-order valence-electron chi connectivity index (χ1n) is 9.96. The van der Waals surface area contributed by atoms with Gasteiger partial charge in [-0.2, -0.15) is 0 Å². The minimum absolute atomic E-state index is 0.0938. The highest BCUT2D eigenvalue weighted by Crippen LogP contribution is 2.29. The number of methoxy groups -OCH3 is 1. The van der Waals surface area contributed by atoms with E-state index in [1.54, 1.807) is 36.5 Å². The lowest BCUT2D eigenvalue weighted by Gasteiger charge is -2.14. The average Bonchev–Trinajstić information content (AvgIpc) is 2.76. The van der Waals surface area contributed by atoms with E-state index < -0.39 is 10.0 Å². The van der Waals surface area contributed by atoms with Crippen LogP contribution in [-0.4, -0.2) is 33.0 Å². The standard InChI is InChI=1S/C23H25N3O5S/c1-4-31-20-10-7-18(8-11-20)26-32(28,29)22-14-19(9-12-21(22)30-3)25-23(27)13-17-6-5-16(2)24-15-17/h5-12,14-15,26H,4,13H2,1-3H3,(H,25,27). The third-order valence-electron chi connectivity index (χ3n) is 4.49. The van der Waals surface area contributed by atoms with E-state index >= 15 is 0 Å². The maximum Gasteiger partial charge on any atom is 0.265 e. The summed E-state index contributed by atoms with van der Waals surface area (Å²) in [5, 5.41) is 2.72. The summed E-state index contributed by atoms with van der Waals surface area (Å²) in [6, 6.07) is 14.7. The Bertz CT molecular complexity index is 1180. The molecule has 0 atom stereocenters. The van der Waals surface area contributed by atoms with Gasteiger partial charge < -0.3 is 14.8 Å². The Kier molecular flexibility index (Phi) is 7.32. The molecule has 0 aliphatic heterocycles. The normalized spacial score (nSPS) is 11.0. The lowest BCUT2D eigenvalue weighted by atomic mass is 10.2. The second-order valence-corrected chi connectivity index (χ2v) is 8.61. The molecular formula is C23H25N3O5S. The maximum absolute atomic E-state index is 13.0. The van der Waals surface area contributed by atoms with Gasteiger partial charge >= 0.3 is 0 Å². The van der Waals surface area contributed by atoms with E-state index in [1.165, 1.54) is 19.2 Å². The van der Waals surface area contributed by atoms with E-state index in [2.05, 4.69) is 15.0 Å². The topological polar surface area (TPSA) is 107 Å². The molecule has 0 bridgehead atoms. The maximum atomic E-state index is 13.0. The zero-order valence-corrected chi connectivity index (χ0v) is 18.9. The Labute approximate surface area is 187 Å². The van der Waals surface area contributed by atoms with Crippen LogP contribution in [0.25, 0.3) is 0 Å². The molecule has 0 aliphatic carbocycles. The van der Waals surface area contributed by atoms with Crippen LogP contribution in [0.2, 0.25) is 0 Å². The average molecular weight is 456 g/mol. The highest BCUT2D eigenvalue weighted by molar-refractivity contribution is 7.92. The zero-order valence-electron chi connectivity index (χ0n) is 18.1. The number of benzene rings is 2. The summed E-state index contributed by atoms with van der Waals surface area (Å²) in [5.74, 6) is 0.509. The summed E-state index contributed by atoms with van der Waals surface area (Å²) in [4.78, 5) is 16.5. The number of nitrogens with one attached hydrogen (secondary N) is 2. The van der Waals surface area contributed by atoms with Gasteiger partial charge in [-0.1, -0.05) is 6.07 Å². The smallest absolute Gasteiger partial charge is 0.265 e. The molecule has 0 spiro atoms. The molecule has 32 heavy (non-hydrogen) atoms. The van der Waals surface area contributed by atoms with E-state index in [1.807, 2.05) is 26.0 Å². The van der Waals surface area contributed by atoms with Gasteiger partial charge in [0.2, 0.25) is 5.91 Å². The van der Waals surface area contributed by atoms with Crippen LogP contribution < -0.4 is 19.5 Å². The number of hydrogen-bond acceptors (Lipinski definition) is 6. The molecule has 8 nitrogen and oxygen atoms in total. The Balaban J connectivity index is 1.78. The van der Waals surface area contributed by atoms with Crippen molar-refractivity contribution in [1.29, 1.82) is 0 Å². The van der Waals surface area contributed by atoms with Gasteiger partial charge in [-0.15, -0.1) is 0 Å². The number of carbonyl (C=O) groups excluding carboxylic acids is 1. The quantitative estimate of drug-likeness (QED) is 0.509. The van der Waals surface area contributed by atoms with Crippen molar-refractivity contribution in [1.82, 2.24) is 4.98 Å². The number of hydrogen-bond donors (Lipinski definition) is 2. The molecule has 9 heteroatoms. The highest BCUT2D eigenvalue weighted by atomic mass is 32.2. The largest absolute Gasteiger partial charge is 0.495 e. The highest BCUT2D eigenvalue weighted by Gasteiger charge is 2.21. The van der Waals surface area contributed by atoms with Crippen molar-refractivity contribution in [3.8, 4) is 11.5 Å². The molecule has 0 fully saturated rings. The Morgan fingerprint density at radius 3 is 2.38 bits per heavy atom. The second kappa shape index (κ2) is 10.1. The minimum Gasteiger partial charge on any atom is -0.495 e. The van der Waals surface area contributed by atoms with Crippen LogP contribution in [0.5, 0.6) is 11.5 Å². The number of carbonyl (C=O) groups is 1. The third kappa shape index (κ3) is 5.98. The van der Waals surface area contributed by atoms with Crippen LogP contribution in [0.3, 0.4) is 0 Å². The van der Waals surface area contributed by atoms with Crippen molar-refractivity contribution >= 4 is 27.3 Å². The fourth-order valence-corrected chi connectivity index (χ4v) is 4.21. The van der Waals surface area contributed by atoms with E-state index in [-0.39, 0.29) is 23.0 Å². The molecule has 3 aromatic rings. The van der Waals surface area contributed by atoms with Crippen LogP contribution in [0.4, 0.5) is 11.4 Å². The molecular weight excluding hydrogens is 430 g/mol. The van der Waals surface area contributed by atoms with Gasteiger partial charge in [0.15, 0.2) is 0 Å². The number of nitrogens with zero attached hydrogens (tertiary/aromatic N) is 1. The first-order chi connectivity index (χ1) is 15.3. The van der Waals surface area contributed by atoms with E-state index in [4.69, 9.17) is 9.47 Å². The summed E-state index contributed by atoms with van der Waals surface area (Å²) < 4.78 is 39.1. The zero-order chi connectivity index (χ0) is 23.1. The SMILES string of the molecule is CCOc1ccc(NS(=O)(=O)c2cc(NC(=O)Cc3ccc(C)nc3)ccc2OC)cc1. The van der Waals surface area contributed by atoms with Crippen molar-refractivity contribution in [3.63, 3.8) is 0 Å². The number of anilines is 2. The molecule has 0 aliphatic rings. The predicted molar refractivity (Wildman–Crippen MR) is 123 cm³/mol. The summed E-state index contributed by atoms with van der Waals surface area (Å²) >= 11 is 0. The number of sulfonamides is 1. The number of rotatable bonds is 9. The number of ether oxygens (including phenoxy) is 2. The van der Waals surface area contributed by atoms with Gasteiger partial charge in [0.1, 0.15) is 16.4 Å². The van der Waals surface area contributed by atoms with Crippen molar-refractivity contribution in [2.75, 3.05) is 23.8 Å². The molecule has 2 N–H and O–H groups in total. The number of pyridine rings is 1. The van der Waals surface area contributed by atoms with E-state index in [0.717, 1.165) is 11.3 Å². The molecule has 1 amide bonds. The van der Waals surface area contributed by atoms with Gasteiger partial charge in [0.05, 0.1) is 20.1 Å². The Morgan fingerprint density at radius 2 is 1.75 bits per heavy atom. The first kappa shape index (κ1) is 23.1.